The highest BCUT2D eigenvalue weighted by molar-refractivity contribution is 6.05. The number of carbonyl (C=O) groups excluding carboxylic acids is 1. The number of carbonyl (C=O) groups is 1. The highest BCUT2D eigenvalue weighted by atomic mass is 16.2. The first-order chi connectivity index (χ1) is 7.02. The van der Waals surface area contributed by atoms with Crippen molar-refractivity contribution in [2.45, 2.75) is 38.9 Å². The lowest BCUT2D eigenvalue weighted by Crippen LogP contribution is -2.67. The van der Waals surface area contributed by atoms with Gasteiger partial charge in [0, 0.05) is 12.2 Å². The van der Waals surface area contributed by atoms with E-state index < -0.39 is 0 Å². The van der Waals surface area contributed by atoms with Crippen molar-refractivity contribution in [1.29, 1.82) is 0 Å². The molecule has 1 saturated heterocycles. The van der Waals surface area contributed by atoms with Crippen molar-refractivity contribution in [3.8, 4) is 0 Å². The molecular formula is C10H16N4O. The van der Waals surface area contributed by atoms with E-state index in [-0.39, 0.29) is 18.0 Å². The smallest absolute Gasteiger partial charge is 0.246 e. The van der Waals surface area contributed by atoms with Gasteiger partial charge in [0.15, 0.2) is 0 Å². The predicted octanol–water partition coefficient (Wildman–Crippen LogP) is 0.526. The van der Waals surface area contributed by atoms with Crippen LogP contribution in [0.15, 0.2) is 12.4 Å². The van der Waals surface area contributed by atoms with E-state index in [1.165, 1.54) is 0 Å². The molecule has 82 valence electrons. The van der Waals surface area contributed by atoms with Crippen LogP contribution in [-0.4, -0.2) is 27.8 Å². The van der Waals surface area contributed by atoms with Crippen molar-refractivity contribution in [2.75, 3.05) is 4.90 Å². The number of β-lactam (4-membered cyclic amide) rings is 1. The van der Waals surface area contributed by atoms with Gasteiger partial charge < -0.3 is 10.6 Å². The van der Waals surface area contributed by atoms with Crippen LogP contribution >= 0.6 is 0 Å². The lowest BCUT2D eigenvalue weighted by Gasteiger charge is -2.42. The van der Waals surface area contributed by atoms with E-state index in [4.69, 9.17) is 5.73 Å². The normalized spacial score (nSPS) is 25.9. The second-order valence-electron chi connectivity index (χ2n) is 4.25. The maximum atomic E-state index is 11.5. The van der Waals surface area contributed by atoms with Gasteiger partial charge in [-0.15, -0.1) is 0 Å². The Hall–Kier alpha value is -1.36. The van der Waals surface area contributed by atoms with Crippen LogP contribution in [0.1, 0.15) is 26.8 Å². The molecule has 1 aliphatic heterocycles. The van der Waals surface area contributed by atoms with E-state index >= 15 is 0 Å². The fourth-order valence-corrected chi connectivity index (χ4v) is 1.74. The number of hydrogen-bond acceptors (Lipinski definition) is 3. The summed E-state index contributed by atoms with van der Waals surface area (Å²) in [5.74, 6) is -0.0224. The van der Waals surface area contributed by atoms with E-state index in [0.29, 0.717) is 6.04 Å². The topological polar surface area (TPSA) is 64.2 Å². The van der Waals surface area contributed by atoms with E-state index in [9.17, 15) is 4.79 Å². The molecule has 15 heavy (non-hydrogen) atoms. The summed E-state index contributed by atoms with van der Waals surface area (Å²) < 4.78 is 1.83. The van der Waals surface area contributed by atoms with E-state index in [1.807, 2.05) is 31.6 Å². The van der Waals surface area contributed by atoms with Crippen LogP contribution < -0.4 is 10.6 Å². The number of anilines is 1. The lowest BCUT2D eigenvalue weighted by molar-refractivity contribution is -0.125. The standard InChI is InChI=1S/C10H16N4O/c1-6(2)13-5-8(4-12-13)14-7(3)9(11)10(14)15/h4-7,9H,11H2,1-3H3/t7-,9+/m1/s1. The van der Waals surface area contributed by atoms with Crippen molar-refractivity contribution in [1.82, 2.24) is 9.78 Å². The summed E-state index contributed by atoms with van der Waals surface area (Å²) >= 11 is 0. The lowest BCUT2D eigenvalue weighted by atomic mass is 9.97. The number of nitrogens with zero attached hydrogens (tertiary/aromatic N) is 3. The van der Waals surface area contributed by atoms with E-state index in [0.717, 1.165) is 5.69 Å². The van der Waals surface area contributed by atoms with Gasteiger partial charge in [-0.1, -0.05) is 0 Å². The van der Waals surface area contributed by atoms with Crippen molar-refractivity contribution >= 4 is 11.6 Å². The first-order valence-electron chi connectivity index (χ1n) is 5.15. The van der Waals surface area contributed by atoms with Gasteiger partial charge in [-0.05, 0) is 20.8 Å². The maximum absolute atomic E-state index is 11.5. The second kappa shape index (κ2) is 3.34. The molecule has 2 atom stereocenters. The summed E-state index contributed by atoms with van der Waals surface area (Å²) in [5, 5.41) is 4.19. The van der Waals surface area contributed by atoms with Gasteiger partial charge >= 0.3 is 0 Å². The molecule has 2 N–H and O–H groups in total. The fourth-order valence-electron chi connectivity index (χ4n) is 1.74. The summed E-state index contributed by atoms with van der Waals surface area (Å²) in [6.07, 6.45) is 3.59. The molecule has 0 radical (unpaired) electrons. The molecule has 5 heteroatoms. The van der Waals surface area contributed by atoms with Gasteiger partial charge in [-0.25, -0.2) is 0 Å². The molecule has 0 spiro atoms. The van der Waals surface area contributed by atoms with Crippen LogP contribution in [0, 0.1) is 0 Å². The van der Waals surface area contributed by atoms with Crippen LogP contribution in [0.25, 0.3) is 0 Å². The fraction of sp³-hybridized carbons (Fsp3) is 0.600. The molecule has 5 nitrogen and oxygen atoms in total. The van der Waals surface area contributed by atoms with Gasteiger partial charge in [0.25, 0.3) is 0 Å². The minimum absolute atomic E-state index is 0.0224. The second-order valence-corrected chi connectivity index (χ2v) is 4.25. The zero-order chi connectivity index (χ0) is 11.2. The average molecular weight is 208 g/mol. The quantitative estimate of drug-likeness (QED) is 0.721. The Bertz CT molecular complexity index is 385. The zero-order valence-electron chi connectivity index (χ0n) is 9.21. The van der Waals surface area contributed by atoms with E-state index in [1.54, 1.807) is 11.1 Å². The predicted molar refractivity (Wildman–Crippen MR) is 57.5 cm³/mol. The molecule has 2 rings (SSSR count). The van der Waals surface area contributed by atoms with Crippen LogP contribution in [0.4, 0.5) is 5.69 Å². The molecule has 1 fully saturated rings. The summed E-state index contributed by atoms with van der Waals surface area (Å²) in [6, 6.07) is 0.0221. The number of nitrogens with two attached hydrogens (primary N) is 1. The van der Waals surface area contributed by atoms with Gasteiger partial charge in [-0.3, -0.25) is 9.48 Å². The third-order valence-corrected chi connectivity index (χ3v) is 2.84. The van der Waals surface area contributed by atoms with Crippen LogP contribution in [0.3, 0.4) is 0 Å². The van der Waals surface area contributed by atoms with Crippen molar-refractivity contribution in [2.24, 2.45) is 5.73 Å². The number of aromatic nitrogens is 2. The Balaban J connectivity index is 2.20. The third-order valence-electron chi connectivity index (χ3n) is 2.84. The first kappa shape index (κ1) is 10.2. The number of rotatable bonds is 2. The Morgan fingerprint density at radius 3 is 2.67 bits per heavy atom. The largest absolute Gasteiger partial charge is 0.318 e. The van der Waals surface area contributed by atoms with E-state index in [2.05, 4.69) is 5.10 Å². The zero-order valence-corrected chi connectivity index (χ0v) is 9.21. The first-order valence-corrected chi connectivity index (χ1v) is 5.15. The van der Waals surface area contributed by atoms with Gasteiger partial charge in [0.1, 0.15) is 6.04 Å². The molecule has 0 bridgehead atoms. The van der Waals surface area contributed by atoms with Crippen molar-refractivity contribution < 1.29 is 4.79 Å². The van der Waals surface area contributed by atoms with Crippen LogP contribution in [-0.2, 0) is 4.79 Å². The Morgan fingerprint density at radius 2 is 2.20 bits per heavy atom. The molecular weight excluding hydrogens is 192 g/mol. The van der Waals surface area contributed by atoms with Crippen LogP contribution in [0.2, 0.25) is 0 Å². The molecule has 0 aromatic carbocycles. The minimum Gasteiger partial charge on any atom is -0.318 e. The Kier molecular flexibility index (Phi) is 2.26. The van der Waals surface area contributed by atoms with Crippen LogP contribution in [0.5, 0.6) is 0 Å². The van der Waals surface area contributed by atoms with Crippen molar-refractivity contribution in [3.63, 3.8) is 0 Å². The average Bonchev–Trinajstić information content (AvgIpc) is 2.66. The molecule has 1 aromatic rings. The summed E-state index contributed by atoms with van der Waals surface area (Å²) in [7, 11) is 0. The minimum atomic E-state index is -0.354. The monoisotopic (exact) mass is 208 g/mol. The molecule has 2 heterocycles. The SMILES string of the molecule is CC(C)n1cc(N2C(=O)[C@@H](N)[C@H]2C)cn1. The molecule has 1 amide bonds. The van der Waals surface area contributed by atoms with Gasteiger partial charge in [-0.2, -0.15) is 5.10 Å². The highest BCUT2D eigenvalue weighted by Gasteiger charge is 2.43. The molecule has 1 aromatic heterocycles. The Labute approximate surface area is 88.8 Å². The highest BCUT2D eigenvalue weighted by Crippen LogP contribution is 2.26. The summed E-state index contributed by atoms with van der Waals surface area (Å²) in [4.78, 5) is 13.2. The molecule has 1 aliphatic rings. The van der Waals surface area contributed by atoms with Gasteiger partial charge in [0.05, 0.1) is 17.9 Å². The molecule has 0 saturated carbocycles. The summed E-state index contributed by atoms with van der Waals surface area (Å²) in [6.45, 7) is 6.03. The summed E-state index contributed by atoms with van der Waals surface area (Å²) in [5.41, 5.74) is 6.48. The maximum Gasteiger partial charge on any atom is 0.246 e. The number of amides is 1. The van der Waals surface area contributed by atoms with Crippen molar-refractivity contribution in [3.05, 3.63) is 12.4 Å². The molecule has 0 unspecified atom stereocenters. The third kappa shape index (κ3) is 1.43. The Morgan fingerprint density at radius 1 is 1.53 bits per heavy atom. The number of hydrogen-bond donors (Lipinski definition) is 1. The molecule has 0 aliphatic carbocycles. The van der Waals surface area contributed by atoms with Gasteiger partial charge in [0.2, 0.25) is 5.91 Å².